The number of aromatic carboxylic acids is 1. The third-order valence-electron chi connectivity index (χ3n) is 2.02. The predicted octanol–water partition coefficient (Wildman–Crippen LogP) is 1.26. The number of nitro groups is 1. The van der Waals surface area contributed by atoms with Crippen molar-refractivity contribution in [3.8, 4) is 0 Å². The van der Waals surface area contributed by atoms with Gasteiger partial charge in [-0.1, -0.05) is 0 Å². The van der Waals surface area contributed by atoms with Crippen LogP contribution in [0.25, 0.3) is 0 Å². The molecule has 0 aliphatic rings. The van der Waals surface area contributed by atoms with Gasteiger partial charge < -0.3 is 10.4 Å². The molecular formula is C10H9FN2O5. The van der Waals surface area contributed by atoms with E-state index in [0.717, 1.165) is 13.0 Å². The van der Waals surface area contributed by atoms with Gasteiger partial charge in [0.05, 0.1) is 11.3 Å². The molecule has 0 spiro atoms. The second kappa shape index (κ2) is 5.21. The summed E-state index contributed by atoms with van der Waals surface area (Å²) in [4.78, 5) is 31.5. The molecule has 1 rings (SSSR count). The highest BCUT2D eigenvalue weighted by Gasteiger charge is 2.20. The second-order valence-corrected chi connectivity index (χ2v) is 3.46. The molecule has 0 aromatic heterocycles. The number of carbonyl (C=O) groups is 2. The number of benzene rings is 1. The Hall–Kier alpha value is -2.51. The summed E-state index contributed by atoms with van der Waals surface area (Å²) in [5.74, 6) is -3.00. The fourth-order valence-electron chi connectivity index (χ4n) is 1.42. The number of hydrogen-bond acceptors (Lipinski definition) is 4. The van der Waals surface area contributed by atoms with Crippen molar-refractivity contribution in [1.82, 2.24) is 0 Å². The van der Waals surface area contributed by atoms with Crippen LogP contribution in [0.1, 0.15) is 22.8 Å². The lowest BCUT2D eigenvalue weighted by Gasteiger charge is -2.10. The van der Waals surface area contributed by atoms with Crippen molar-refractivity contribution in [3.63, 3.8) is 0 Å². The Bertz CT molecular complexity index is 529. The van der Waals surface area contributed by atoms with Crippen LogP contribution in [0.15, 0.2) is 12.1 Å². The fraction of sp³-hybridized carbons (Fsp3) is 0.200. The lowest BCUT2D eigenvalue weighted by atomic mass is 10.1. The van der Waals surface area contributed by atoms with Gasteiger partial charge in [0.25, 0.3) is 0 Å². The van der Waals surface area contributed by atoms with E-state index in [1.807, 2.05) is 0 Å². The molecule has 0 radical (unpaired) electrons. The first-order chi connectivity index (χ1) is 8.31. The van der Waals surface area contributed by atoms with Gasteiger partial charge in [0.15, 0.2) is 0 Å². The molecule has 0 unspecified atom stereocenters. The van der Waals surface area contributed by atoms with Crippen LogP contribution in [0.5, 0.6) is 0 Å². The van der Waals surface area contributed by atoms with Gasteiger partial charge in [0.2, 0.25) is 12.5 Å². The summed E-state index contributed by atoms with van der Waals surface area (Å²) in [6.07, 6.45) is 0. The Morgan fingerprint density at radius 3 is 2.56 bits per heavy atom. The first-order valence-corrected chi connectivity index (χ1v) is 4.76. The number of anilines is 1. The van der Waals surface area contributed by atoms with E-state index in [1.165, 1.54) is 0 Å². The van der Waals surface area contributed by atoms with Gasteiger partial charge in [-0.05, 0) is 12.1 Å². The highest BCUT2D eigenvalue weighted by Crippen LogP contribution is 2.24. The molecule has 0 aliphatic heterocycles. The number of carboxylic acid groups (broad SMARTS) is 1. The van der Waals surface area contributed by atoms with E-state index in [-0.39, 0.29) is 11.3 Å². The minimum Gasteiger partial charge on any atom is -0.478 e. The van der Waals surface area contributed by atoms with Crippen LogP contribution >= 0.6 is 0 Å². The summed E-state index contributed by atoms with van der Waals surface area (Å²) in [6.45, 7) is 0.332. The SMILES string of the molecule is CC(=O)Nc1c(C[N+](=O)[O-])cc(F)cc1C(=O)O. The van der Waals surface area contributed by atoms with E-state index in [9.17, 15) is 24.1 Å². The van der Waals surface area contributed by atoms with Crippen molar-refractivity contribution in [2.75, 3.05) is 5.32 Å². The maximum Gasteiger partial charge on any atom is 0.337 e. The second-order valence-electron chi connectivity index (χ2n) is 3.46. The number of amides is 1. The molecule has 0 saturated heterocycles. The third kappa shape index (κ3) is 3.24. The van der Waals surface area contributed by atoms with Gasteiger partial charge in [-0.25, -0.2) is 9.18 Å². The van der Waals surface area contributed by atoms with Crippen LogP contribution in [-0.2, 0) is 11.3 Å². The maximum atomic E-state index is 13.2. The molecule has 0 heterocycles. The fourth-order valence-corrected chi connectivity index (χ4v) is 1.42. The largest absolute Gasteiger partial charge is 0.478 e. The molecule has 0 fully saturated rings. The first-order valence-electron chi connectivity index (χ1n) is 4.76. The molecule has 96 valence electrons. The minimum atomic E-state index is -1.48. The van der Waals surface area contributed by atoms with Gasteiger partial charge in [0, 0.05) is 17.4 Å². The highest BCUT2D eigenvalue weighted by molar-refractivity contribution is 6.00. The normalized spacial score (nSPS) is 9.89. The number of nitrogens with one attached hydrogen (secondary N) is 1. The van der Waals surface area contributed by atoms with Crippen molar-refractivity contribution in [2.45, 2.75) is 13.5 Å². The monoisotopic (exact) mass is 256 g/mol. The van der Waals surface area contributed by atoms with Gasteiger partial charge in [0.1, 0.15) is 5.82 Å². The van der Waals surface area contributed by atoms with Crippen molar-refractivity contribution >= 4 is 17.6 Å². The average Bonchev–Trinajstić information content (AvgIpc) is 2.19. The van der Waals surface area contributed by atoms with Crippen LogP contribution in [0.4, 0.5) is 10.1 Å². The molecule has 1 amide bonds. The van der Waals surface area contributed by atoms with E-state index >= 15 is 0 Å². The molecule has 2 N–H and O–H groups in total. The standard InChI is InChI=1S/C10H9FN2O5/c1-5(14)12-9-6(4-13(17)18)2-7(11)3-8(9)10(15)16/h2-3H,4H2,1H3,(H,12,14)(H,15,16). The van der Waals surface area contributed by atoms with E-state index < -0.39 is 34.7 Å². The summed E-state index contributed by atoms with van der Waals surface area (Å²) >= 11 is 0. The van der Waals surface area contributed by atoms with Crippen molar-refractivity contribution in [3.05, 3.63) is 39.2 Å². The quantitative estimate of drug-likeness (QED) is 0.622. The molecule has 1 aromatic carbocycles. The Balaban J connectivity index is 3.41. The van der Waals surface area contributed by atoms with Crippen molar-refractivity contribution in [1.29, 1.82) is 0 Å². The number of rotatable bonds is 4. The van der Waals surface area contributed by atoms with Crippen LogP contribution in [0.3, 0.4) is 0 Å². The molecule has 1 aromatic rings. The lowest BCUT2D eigenvalue weighted by Crippen LogP contribution is -2.15. The van der Waals surface area contributed by atoms with Gasteiger partial charge in [-0.15, -0.1) is 0 Å². The third-order valence-corrected chi connectivity index (χ3v) is 2.02. The molecule has 0 bridgehead atoms. The first kappa shape index (κ1) is 13.6. The van der Waals surface area contributed by atoms with Crippen LogP contribution < -0.4 is 5.32 Å². The summed E-state index contributed by atoms with van der Waals surface area (Å²) < 4.78 is 13.2. The summed E-state index contributed by atoms with van der Waals surface area (Å²) in [5, 5.41) is 21.5. The molecule has 0 atom stereocenters. The predicted molar refractivity (Wildman–Crippen MR) is 58.4 cm³/mol. The Kier molecular flexibility index (Phi) is 3.93. The molecule has 18 heavy (non-hydrogen) atoms. The highest BCUT2D eigenvalue weighted by atomic mass is 19.1. The van der Waals surface area contributed by atoms with E-state index in [0.29, 0.717) is 6.07 Å². The number of hydrogen-bond donors (Lipinski definition) is 2. The topological polar surface area (TPSA) is 110 Å². The summed E-state index contributed by atoms with van der Waals surface area (Å²) in [6, 6.07) is 1.51. The Morgan fingerprint density at radius 1 is 1.50 bits per heavy atom. The minimum absolute atomic E-state index is 0.201. The number of nitrogens with zero attached hydrogens (tertiary/aromatic N) is 1. The Labute approximate surface area is 100 Å². The molecular weight excluding hydrogens is 247 g/mol. The smallest absolute Gasteiger partial charge is 0.337 e. The average molecular weight is 256 g/mol. The van der Waals surface area contributed by atoms with Crippen LogP contribution in [0.2, 0.25) is 0 Å². The van der Waals surface area contributed by atoms with Gasteiger partial charge in [-0.2, -0.15) is 0 Å². The number of carbonyl (C=O) groups excluding carboxylic acids is 1. The summed E-state index contributed by atoms with van der Waals surface area (Å²) in [5.41, 5.74) is -0.984. The number of carboxylic acids is 1. The van der Waals surface area contributed by atoms with Crippen molar-refractivity contribution < 1.29 is 24.0 Å². The van der Waals surface area contributed by atoms with E-state index in [1.54, 1.807) is 0 Å². The van der Waals surface area contributed by atoms with E-state index in [2.05, 4.69) is 5.32 Å². The van der Waals surface area contributed by atoms with Gasteiger partial charge >= 0.3 is 5.97 Å². The Morgan fingerprint density at radius 2 is 2.11 bits per heavy atom. The molecule has 7 nitrogen and oxygen atoms in total. The summed E-state index contributed by atoms with van der Waals surface area (Å²) in [7, 11) is 0. The zero-order valence-corrected chi connectivity index (χ0v) is 9.27. The van der Waals surface area contributed by atoms with Gasteiger partial charge in [-0.3, -0.25) is 14.9 Å². The zero-order chi connectivity index (χ0) is 13.9. The van der Waals surface area contributed by atoms with Crippen LogP contribution in [0, 0.1) is 15.9 Å². The van der Waals surface area contributed by atoms with Crippen molar-refractivity contribution in [2.24, 2.45) is 0 Å². The lowest BCUT2D eigenvalue weighted by molar-refractivity contribution is -0.496. The maximum absolute atomic E-state index is 13.2. The molecule has 0 aliphatic carbocycles. The van der Waals surface area contributed by atoms with E-state index in [4.69, 9.17) is 5.11 Å². The number of halogens is 1. The molecule has 8 heteroatoms. The molecule has 0 saturated carbocycles. The van der Waals surface area contributed by atoms with Crippen LogP contribution in [-0.4, -0.2) is 21.9 Å². The zero-order valence-electron chi connectivity index (χ0n) is 9.27.